The van der Waals surface area contributed by atoms with E-state index >= 15 is 0 Å². The molecule has 0 spiro atoms. The van der Waals surface area contributed by atoms with Crippen molar-refractivity contribution < 1.29 is 4.79 Å². The summed E-state index contributed by atoms with van der Waals surface area (Å²) in [5.41, 5.74) is 4.38. The number of para-hydroxylation sites is 2. The van der Waals surface area contributed by atoms with Crippen molar-refractivity contribution in [3.8, 4) is 5.69 Å². The molecule has 0 atom stereocenters. The van der Waals surface area contributed by atoms with Crippen molar-refractivity contribution in [3.63, 3.8) is 0 Å². The van der Waals surface area contributed by atoms with Crippen LogP contribution in [0.4, 0.5) is 0 Å². The van der Waals surface area contributed by atoms with Crippen LogP contribution in [-0.4, -0.2) is 40.0 Å². The van der Waals surface area contributed by atoms with E-state index in [4.69, 9.17) is 16.6 Å². The molecule has 35 heavy (non-hydrogen) atoms. The van der Waals surface area contributed by atoms with Gasteiger partial charge in [0.05, 0.1) is 17.6 Å². The van der Waals surface area contributed by atoms with Crippen molar-refractivity contribution >= 4 is 44.5 Å². The Morgan fingerprint density at radius 1 is 1.03 bits per heavy atom. The van der Waals surface area contributed by atoms with Crippen molar-refractivity contribution in [2.45, 2.75) is 25.8 Å². The van der Waals surface area contributed by atoms with Gasteiger partial charge in [0.2, 0.25) is 5.91 Å². The summed E-state index contributed by atoms with van der Waals surface area (Å²) in [6, 6.07) is 24.4. The molecule has 0 unspecified atom stereocenters. The number of likely N-dealkylation sites (tertiary alicyclic amines) is 1. The summed E-state index contributed by atoms with van der Waals surface area (Å²) in [6.45, 7) is 3.18. The molecule has 0 radical (unpaired) electrons. The van der Waals surface area contributed by atoms with Crippen molar-refractivity contribution in [1.29, 1.82) is 0 Å². The first kappa shape index (κ1) is 24.0. The lowest BCUT2D eigenvalue weighted by Gasteiger charge is -2.31. The molecule has 0 saturated carbocycles. The number of imidazole rings is 1. The molecule has 1 aliphatic heterocycles. The van der Waals surface area contributed by atoms with Gasteiger partial charge in [0.1, 0.15) is 5.82 Å². The number of nitrogens with zero attached hydrogens (tertiary/aromatic N) is 3. The number of carbonyl (C=O) groups is 1. The SMILES string of the molecule is O=C(NCCc1ccc(Cl)cc1)C1CCN(Cc2nc3ccccc3n2-c2cccc(Br)c2)CC1. The van der Waals surface area contributed by atoms with Crippen LogP contribution in [0.5, 0.6) is 0 Å². The smallest absolute Gasteiger partial charge is 0.223 e. The van der Waals surface area contributed by atoms with Gasteiger partial charge in [0.15, 0.2) is 0 Å². The van der Waals surface area contributed by atoms with Crippen LogP contribution in [0.1, 0.15) is 24.2 Å². The molecule has 1 aliphatic rings. The molecule has 0 bridgehead atoms. The lowest BCUT2D eigenvalue weighted by atomic mass is 9.96. The summed E-state index contributed by atoms with van der Waals surface area (Å²) >= 11 is 9.55. The maximum atomic E-state index is 12.7. The Balaban J connectivity index is 1.20. The number of fused-ring (bicyclic) bond motifs is 1. The number of hydrogen-bond acceptors (Lipinski definition) is 3. The molecule has 1 fully saturated rings. The van der Waals surface area contributed by atoms with E-state index in [9.17, 15) is 4.79 Å². The fourth-order valence-electron chi connectivity index (χ4n) is 4.76. The van der Waals surface area contributed by atoms with Crippen LogP contribution in [0, 0.1) is 5.92 Å². The van der Waals surface area contributed by atoms with Gasteiger partial charge in [0.25, 0.3) is 0 Å². The van der Waals surface area contributed by atoms with Gasteiger partial charge in [-0.2, -0.15) is 0 Å². The highest BCUT2D eigenvalue weighted by atomic mass is 79.9. The molecule has 1 aromatic heterocycles. The van der Waals surface area contributed by atoms with Gasteiger partial charge >= 0.3 is 0 Å². The predicted molar refractivity (Wildman–Crippen MR) is 145 cm³/mol. The van der Waals surface area contributed by atoms with Gasteiger partial charge < -0.3 is 5.32 Å². The first-order valence-corrected chi connectivity index (χ1v) is 13.2. The van der Waals surface area contributed by atoms with E-state index in [1.807, 2.05) is 36.4 Å². The van der Waals surface area contributed by atoms with Gasteiger partial charge in [-0.15, -0.1) is 0 Å². The van der Waals surface area contributed by atoms with E-state index in [-0.39, 0.29) is 11.8 Å². The minimum absolute atomic E-state index is 0.0698. The van der Waals surface area contributed by atoms with Crippen LogP contribution in [0.25, 0.3) is 16.7 Å². The molecular weight excluding hydrogens is 524 g/mol. The first-order valence-electron chi connectivity index (χ1n) is 12.0. The standard InChI is InChI=1S/C28H28BrClN4O/c29-22-4-3-5-24(18-22)34-26-7-2-1-6-25(26)32-27(34)19-33-16-13-21(14-17-33)28(35)31-15-12-20-8-10-23(30)11-9-20/h1-11,18,21H,12-17,19H2,(H,31,35). The summed E-state index contributed by atoms with van der Waals surface area (Å²) in [7, 11) is 0. The lowest BCUT2D eigenvalue weighted by Crippen LogP contribution is -2.41. The summed E-state index contributed by atoms with van der Waals surface area (Å²) in [4.78, 5) is 20.1. The van der Waals surface area contributed by atoms with Crippen LogP contribution in [0.2, 0.25) is 5.02 Å². The van der Waals surface area contributed by atoms with Crippen LogP contribution in [0.15, 0.2) is 77.3 Å². The Morgan fingerprint density at radius 3 is 2.57 bits per heavy atom. The normalized spacial score (nSPS) is 14.9. The zero-order valence-corrected chi connectivity index (χ0v) is 21.8. The minimum Gasteiger partial charge on any atom is -0.356 e. The molecule has 3 aromatic carbocycles. The highest BCUT2D eigenvalue weighted by molar-refractivity contribution is 9.10. The third kappa shape index (κ3) is 5.77. The van der Waals surface area contributed by atoms with Crippen LogP contribution >= 0.6 is 27.5 Å². The number of hydrogen-bond donors (Lipinski definition) is 1. The Bertz CT molecular complexity index is 1310. The van der Waals surface area contributed by atoms with E-state index in [1.165, 1.54) is 5.56 Å². The van der Waals surface area contributed by atoms with E-state index in [0.29, 0.717) is 6.54 Å². The molecule has 1 N–H and O–H groups in total. The average molecular weight is 552 g/mol. The minimum atomic E-state index is 0.0698. The monoisotopic (exact) mass is 550 g/mol. The molecule has 5 nitrogen and oxygen atoms in total. The second-order valence-corrected chi connectivity index (χ2v) is 10.4. The quantitative estimate of drug-likeness (QED) is 0.306. The van der Waals surface area contributed by atoms with E-state index in [2.05, 4.69) is 67.1 Å². The number of nitrogens with one attached hydrogen (secondary N) is 1. The van der Waals surface area contributed by atoms with E-state index in [1.54, 1.807) is 0 Å². The highest BCUT2D eigenvalue weighted by Crippen LogP contribution is 2.26. The fraction of sp³-hybridized carbons (Fsp3) is 0.286. The van der Waals surface area contributed by atoms with Crippen molar-refractivity contribution in [1.82, 2.24) is 19.8 Å². The molecule has 180 valence electrons. The summed E-state index contributed by atoms with van der Waals surface area (Å²) < 4.78 is 3.29. The largest absolute Gasteiger partial charge is 0.356 e. The third-order valence-electron chi connectivity index (χ3n) is 6.65. The molecule has 4 aromatic rings. The van der Waals surface area contributed by atoms with E-state index < -0.39 is 0 Å². The number of aromatic nitrogens is 2. The topological polar surface area (TPSA) is 50.2 Å². The Labute approximate surface area is 219 Å². The second kappa shape index (κ2) is 10.9. The fourth-order valence-corrected chi connectivity index (χ4v) is 5.28. The molecule has 5 rings (SSSR count). The molecule has 2 heterocycles. The van der Waals surface area contributed by atoms with Gasteiger partial charge in [-0.3, -0.25) is 14.3 Å². The zero-order chi connectivity index (χ0) is 24.2. The Morgan fingerprint density at radius 2 is 1.80 bits per heavy atom. The molecular formula is C28H28BrClN4O. The molecule has 1 amide bonds. The summed E-state index contributed by atoms with van der Waals surface area (Å²) in [5.74, 6) is 1.26. The van der Waals surface area contributed by atoms with Crippen LogP contribution < -0.4 is 5.32 Å². The van der Waals surface area contributed by atoms with E-state index in [0.717, 1.165) is 70.9 Å². The number of piperidine rings is 1. The summed E-state index contributed by atoms with van der Waals surface area (Å²) in [5, 5.41) is 3.86. The first-order chi connectivity index (χ1) is 17.1. The maximum Gasteiger partial charge on any atom is 0.223 e. The van der Waals surface area contributed by atoms with Gasteiger partial charge in [-0.1, -0.05) is 57.9 Å². The third-order valence-corrected chi connectivity index (χ3v) is 7.39. The maximum absolute atomic E-state index is 12.7. The Kier molecular flexibility index (Phi) is 7.51. The average Bonchev–Trinajstić information content (AvgIpc) is 3.23. The molecule has 7 heteroatoms. The van der Waals surface area contributed by atoms with Gasteiger partial charge in [0, 0.05) is 27.6 Å². The van der Waals surface area contributed by atoms with Crippen LogP contribution in [0.3, 0.4) is 0 Å². The number of rotatable bonds is 7. The number of carbonyl (C=O) groups excluding carboxylic acids is 1. The second-order valence-electron chi connectivity index (χ2n) is 9.05. The highest BCUT2D eigenvalue weighted by Gasteiger charge is 2.26. The van der Waals surface area contributed by atoms with Crippen molar-refractivity contribution in [2.24, 2.45) is 5.92 Å². The van der Waals surface area contributed by atoms with Crippen molar-refractivity contribution in [3.05, 3.63) is 93.7 Å². The van der Waals surface area contributed by atoms with Gasteiger partial charge in [-0.05, 0) is 80.4 Å². The van der Waals surface area contributed by atoms with Crippen LogP contribution in [-0.2, 0) is 17.8 Å². The van der Waals surface area contributed by atoms with Crippen molar-refractivity contribution in [2.75, 3.05) is 19.6 Å². The molecule has 1 saturated heterocycles. The zero-order valence-electron chi connectivity index (χ0n) is 19.5. The summed E-state index contributed by atoms with van der Waals surface area (Å²) in [6.07, 6.45) is 2.54. The molecule has 0 aliphatic carbocycles. The number of amides is 1. The lowest BCUT2D eigenvalue weighted by molar-refractivity contribution is -0.126. The number of halogens is 2. The predicted octanol–water partition coefficient (Wildman–Crippen LogP) is 6.01. The Hall–Kier alpha value is -2.67. The number of benzene rings is 3. The van der Waals surface area contributed by atoms with Gasteiger partial charge in [-0.25, -0.2) is 4.98 Å².